The Bertz CT molecular complexity index is 1320. The number of carbonyl (C=O) groups excluding carboxylic acids is 1. The molecule has 2 aromatic carbocycles. The highest BCUT2D eigenvalue weighted by atomic mass is 32.1. The van der Waals surface area contributed by atoms with Crippen LogP contribution in [0.4, 0.5) is 0 Å². The van der Waals surface area contributed by atoms with Gasteiger partial charge in [-0.25, -0.2) is 9.48 Å². The monoisotopic (exact) mass is 462 g/mol. The van der Waals surface area contributed by atoms with Gasteiger partial charge in [0.15, 0.2) is 0 Å². The summed E-state index contributed by atoms with van der Waals surface area (Å²) in [5.74, 6) is 1.12. The molecule has 6 nitrogen and oxygen atoms in total. The van der Waals surface area contributed by atoms with E-state index in [-0.39, 0.29) is 5.97 Å². The number of para-hydroxylation sites is 1. The van der Waals surface area contributed by atoms with Crippen LogP contribution in [0.25, 0.3) is 15.9 Å². The van der Waals surface area contributed by atoms with Gasteiger partial charge >= 0.3 is 5.97 Å². The van der Waals surface area contributed by atoms with E-state index < -0.39 is 11.7 Å². The van der Waals surface area contributed by atoms with E-state index in [0.717, 1.165) is 38.7 Å². The highest BCUT2D eigenvalue weighted by molar-refractivity contribution is 7.20. The molecule has 0 radical (unpaired) electrons. The van der Waals surface area contributed by atoms with Crippen LogP contribution in [0.5, 0.6) is 11.5 Å². The van der Waals surface area contributed by atoms with Gasteiger partial charge in [0.05, 0.1) is 18.0 Å². The molecule has 170 valence electrons. The van der Waals surface area contributed by atoms with Gasteiger partial charge in [0.1, 0.15) is 32.9 Å². The van der Waals surface area contributed by atoms with Crippen molar-refractivity contribution in [2.75, 3.05) is 6.61 Å². The minimum absolute atomic E-state index is 0.342. The Balaban J connectivity index is 1.47. The van der Waals surface area contributed by atoms with E-state index in [0.29, 0.717) is 17.9 Å². The molecule has 0 aliphatic carbocycles. The van der Waals surface area contributed by atoms with Crippen LogP contribution in [0.3, 0.4) is 0 Å². The second-order valence-corrected chi connectivity index (χ2v) is 9.79. The van der Waals surface area contributed by atoms with Crippen LogP contribution in [0.15, 0.2) is 54.6 Å². The van der Waals surface area contributed by atoms with E-state index in [1.54, 1.807) is 0 Å². The molecule has 0 amide bonds. The summed E-state index contributed by atoms with van der Waals surface area (Å²) in [6.07, 6.45) is 0.136. The Labute approximate surface area is 196 Å². The summed E-state index contributed by atoms with van der Waals surface area (Å²) in [6.45, 7) is 8.47. The second-order valence-electron chi connectivity index (χ2n) is 8.75. The lowest BCUT2D eigenvalue weighted by atomic mass is 9.91. The zero-order valence-electron chi connectivity index (χ0n) is 19.1. The van der Waals surface area contributed by atoms with Crippen molar-refractivity contribution in [1.29, 1.82) is 0 Å². The van der Waals surface area contributed by atoms with Crippen molar-refractivity contribution in [3.05, 3.63) is 70.7 Å². The summed E-state index contributed by atoms with van der Waals surface area (Å²) in [4.78, 5) is 14.7. The van der Waals surface area contributed by atoms with Gasteiger partial charge < -0.3 is 14.2 Å². The number of nitrogens with zero attached hydrogens (tertiary/aromatic N) is 2. The third-order valence-corrected chi connectivity index (χ3v) is 6.79. The van der Waals surface area contributed by atoms with Crippen molar-refractivity contribution in [1.82, 2.24) is 9.78 Å². The fraction of sp³-hybridized carbons (Fsp3) is 0.308. The Morgan fingerprint density at radius 2 is 2.00 bits per heavy atom. The van der Waals surface area contributed by atoms with Crippen LogP contribution in [-0.4, -0.2) is 28.0 Å². The number of hydrogen-bond acceptors (Lipinski definition) is 6. The average molecular weight is 463 g/mol. The minimum atomic E-state index is -0.449. The smallest absolute Gasteiger partial charge is 0.349 e. The number of thiophene rings is 1. The summed E-state index contributed by atoms with van der Waals surface area (Å²) in [5, 5.41) is 5.62. The second kappa shape index (κ2) is 8.23. The van der Waals surface area contributed by atoms with Gasteiger partial charge in [-0.1, -0.05) is 18.2 Å². The molecule has 5 rings (SSSR count). The van der Waals surface area contributed by atoms with Gasteiger partial charge in [0.2, 0.25) is 0 Å². The highest BCUT2D eigenvalue weighted by Gasteiger charge is 2.37. The van der Waals surface area contributed by atoms with Crippen molar-refractivity contribution in [3.8, 4) is 17.2 Å². The van der Waals surface area contributed by atoms with Crippen molar-refractivity contribution < 1.29 is 19.0 Å². The lowest BCUT2D eigenvalue weighted by Crippen LogP contribution is -2.36. The zero-order valence-corrected chi connectivity index (χ0v) is 19.9. The molecule has 0 spiro atoms. The SMILES string of the molecule is CCOc1ccc2c(c1)C(OC(=O)c1cc3c(C)nn(-c4ccccc4)c3s1)CC(C)(C)O2. The number of rotatable bonds is 5. The van der Waals surface area contributed by atoms with E-state index in [9.17, 15) is 4.79 Å². The summed E-state index contributed by atoms with van der Waals surface area (Å²) in [7, 11) is 0. The third kappa shape index (κ3) is 4.09. The van der Waals surface area contributed by atoms with E-state index >= 15 is 0 Å². The van der Waals surface area contributed by atoms with Gasteiger partial charge in [-0.3, -0.25) is 0 Å². The van der Waals surface area contributed by atoms with E-state index in [2.05, 4.69) is 5.10 Å². The maximum atomic E-state index is 13.3. The first-order valence-electron chi connectivity index (χ1n) is 11.1. The first-order valence-corrected chi connectivity index (χ1v) is 11.9. The van der Waals surface area contributed by atoms with Gasteiger partial charge in [0, 0.05) is 17.4 Å². The Kier molecular flexibility index (Phi) is 5.37. The number of aromatic nitrogens is 2. The molecule has 0 saturated carbocycles. The Morgan fingerprint density at radius 1 is 1.21 bits per heavy atom. The van der Waals surface area contributed by atoms with Crippen LogP contribution in [0, 0.1) is 6.92 Å². The fourth-order valence-corrected chi connectivity index (χ4v) is 5.27. The predicted molar refractivity (Wildman–Crippen MR) is 129 cm³/mol. The average Bonchev–Trinajstić information content (AvgIpc) is 3.35. The molecule has 3 heterocycles. The number of carbonyl (C=O) groups is 1. The predicted octanol–water partition coefficient (Wildman–Crippen LogP) is 6.25. The lowest BCUT2D eigenvalue weighted by molar-refractivity contribution is -0.0159. The Morgan fingerprint density at radius 3 is 2.76 bits per heavy atom. The molecule has 0 N–H and O–H groups in total. The highest BCUT2D eigenvalue weighted by Crippen LogP contribution is 2.43. The first-order chi connectivity index (χ1) is 15.8. The fourth-order valence-electron chi connectivity index (χ4n) is 4.21. The number of aryl methyl sites for hydroxylation is 1. The normalized spacial score (nSPS) is 16.8. The zero-order chi connectivity index (χ0) is 23.2. The van der Waals surface area contributed by atoms with Crippen molar-refractivity contribution in [2.24, 2.45) is 0 Å². The summed E-state index contributed by atoms with van der Waals surface area (Å²) in [5.41, 5.74) is 2.22. The molecular weight excluding hydrogens is 436 g/mol. The number of benzene rings is 2. The largest absolute Gasteiger partial charge is 0.494 e. The maximum Gasteiger partial charge on any atom is 0.349 e. The summed E-state index contributed by atoms with van der Waals surface area (Å²) in [6, 6.07) is 17.5. The van der Waals surface area contributed by atoms with Crippen LogP contribution in [-0.2, 0) is 4.74 Å². The number of ether oxygens (including phenoxy) is 3. The first kappa shape index (κ1) is 21.5. The molecular formula is C26H26N2O4S. The number of esters is 1. The molecule has 1 aliphatic rings. The summed E-state index contributed by atoms with van der Waals surface area (Å²) >= 11 is 1.40. The van der Waals surface area contributed by atoms with Crippen molar-refractivity contribution >= 4 is 27.5 Å². The molecule has 1 aliphatic heterocycles. The summed E-state index contributed by atoms with van der Waals surface area (Å²) < 4.78 is 19.7. The van der Waals surface area contributed by atoms with E-state index in [1.165, 1.54) is 11.3 Å². The van der Waals surface area contributed by atoms with Crippen molar-refractivity contribution in [2.45, 2.75) is 45.8 Å². The van der Waals surface area contributed by atoms with Gasteiger partial charge in [-0.2, -0.15) is 5.10 Å². The van der Waals surface area contributed by atoms with Crippen LogP contribution in [0.1, 0.15) is 54.2 Å². The van der Waals surface area contributed by atoms with Crippen molar-refractivity contribution in [3.63, 3.8) is 0 Å². The maximum absolute atomic E-state index is 13.3. The third-order valence-electron chi connectivity index (χ3n) is 5.70. The molecule has 0 fully saturated rings. The Hall–Kier alpha value is -3.32. The molecule has 4 aromatic rings. The quantitative estimate of drug-likeness (QED) is 0.328. The molecule has 7 heteroatoms. The van der Waals surface area contributed by atoms with E-state index in [4.69, 9.17) is 14.2 Å². The number of fused-ring (bicyclic) bond motifs is 2. The van der Waals surface area contributed by atoms with Crippen LogP contribution < -0.4 is 9.47 Å². The lowest BCUT2D eigenvalue weighted by Gasteiger charge is -2.37. The molecule has 2 aromatic heterocycles. The molecule has 1 unspecified atom stereocenters. The number of hydrogen-bond donors (Lipinski definition) is 0. The topological polar surface area (TPSA) is 62.6 Å². The van der Waals surface area contributed by atoms with Gasteiger partial charge in [-0.15, -0.1) is 11.3 Å². The van der Waals surface area contributed by atoms with Crippen LogP contribution >= 0.6 is 11.3 Å². The van der Waals surface area contributed by atoms with E-state index in [1.807, 2.05) is 87.0 Å². The van der Waals surface area contributed by atoms with Gasteiger partial charge in [-0.05, 0) is 64.1 Å². The molecule has 1 atom stereocenters. The van der Waals surface area contributed by atoms with Crippen LogP contribution in [0.2, 0.25) is 0 Å². The van der Waals surface area contributed by atoms with Gasteiger partial charge in [0.25, 0.3) is 0 Å². The standard InChI is InChI=1S/C26H26N2O4S/c1-5-30-18-11-12-21-20(13-18)22(15-26(3,4)32-21)31-25(29)23-14-19-16(2)27-28(24(19)33-23)17-9-7-6-8-10-17/h6-14,22H,5,15H2,1-4H3. The molecule has 0 saturated heterocycles. The molecule has 0 bridgehead atoms. The molecule has 33 heavy (non-hydrogen) atoms. The minimum Gasteiger partial charge on any atom is -0.494 e.